The molecule has 0 aliphatic carbocycles. The van der Waals surface area contributed by atoms with E-state index in [4.69, 9.17) is 13.9 Å². The number of hydrogen-bond donors (Lipinski definition) is 0. The molecule has 0 aliphatic rings. The highest BCUT2D eigenvalue weighted by Crippen LogP contribution is 2.23. The lowest BCUT2D eigenvalue weighted by atomic mass is 10.1. The zero-order valence-electron chi connectivity index (χ0n) is 16.2. The van der Waals surface area contributed by atoms with Crippen LogP contribution in [0.3, 0.4) is 0 Å². The minimum atomic E-state index is -0.588. The average Bonchev–Trinajstić information content (AvgIpc) is 3.09. The highest BCUT2D eigenvalue weighted by molar-refractivity contribution is 5.40. The molecule has 0 saturated heterocycles. The zero-order valence-corrected chi connectivity index (χ0v) is 16.2. The molecule has 148 valence electrons. The summed E-state index contributed by atoms with van der Waals surface area (Å²) in [6.45, 7) is 2.69. The first-order chi connectivity index (χ1) is 13.8. The number of aromatic nitrogens is 2. The van der Waals surface area contributed by atoms with Crippen molar-refractivity contribution >= 4 is 0 Å². The van der Waals surface area contributed by atoms with Crippen LogP contribution < -0.4 is 15.2 Å². The molecule has 0 N–H and O–H groups in total. The van der Waals surface area contributed by atoms with Gasteiger partial charge in [0.1, 0.15) is 11.5 Å². The van der Waals surface area contributed by atoms with Gasteiger partial charge in [0.25, 0.3) is 0 Å². The van der Waals surface area contributed by atoms with E-state index in [1.165, 1.54) is 30.4 Å². The Labute approximate surface area is 164 Å². The maximum atomic E-state index is 12.1. The van der Waals surface area contributed by atoms with E-state index >= 15 is 0 Å². The summed E-state index contributed by atoms with van der Waals surface area (Å²) < 4.78 is 17.6. The first-order valence-corrected chi connectivity index (χ1v) is 9.82. The van der Waals surface area contributed by atoms with E-state index in [1.807, 2.05) is 36.4 Å². The Hall–Kier alpha value is -3.02. The summed E-state index contributed by atoms with van der Waals surface area (Å²) in [5, 5.41) is 4.14. The molecule has 0 saturated carbocycles. The molecule has 6 heteroatoms. The third kappa shape index (κ3) is 5.74. The van der Waals surface area contributed by atoms with Crippen molar-refractivity contribution in [3.05, 3.63) is 65.1 Å². The Morgan fingerprint density at radius 1 is 0.929 bits per heavy atom. The molecule has 0 aliphatic heterocycles. The molecule has 2 aromatic carbocycles. The van der Waals surface area contributed by atoms with Crippen LogP contribution in [-0.4, -0.2) is 16.4 Å². The molecule has 0 spiro atoms. The van der Waals surface area contributed by atoms with Crippen LogP contribution >= 0.6 is 0 Å². The fourth-order valence-electron chi connectivity index (χ4n) is 2.83. The largest absolute Gasteiger partial charge is 0.457 e. The maximum Gasteiger partial charge on any atom is 0.444 e. The van der Waals surface area contributed by atoms with Gasteiger partial charge >= 0.3 is 11.8 Å². The lowest BCUT2D eigenvalue weighted by Crippen LogP contribution is -2.13. The van der Waals surface area contributed by atoms with Gasteiger partial charge < -0.3 is 13.9 Å². The van der Waals surface area contributed by atoms with Gasteiger partial charge in [-0.15, -0.1) is 0 Å². The molecule has 0 radical (unpaired) electrons. The van der Waals surface area contributed by atoms with Gasteiger partial charge in [-0.25, -0.2) is 4.79 Å². The van der Waals surface area contributed by atoms with Crippen molar-refractivity contribution in [1.82, 2.24) is 9.78 Å². The van der Waals surface area contributed by atoms with Crippen molar-refractivity contribution in [2.45, 2.75) is 45.4 Å². The van der Waals surface area contributed by atoms with E-state index in [-0.39, 0.29) is 6.08 Å². The third-order valence-corrected chi connectivity index (χ3v) is 4.29. The monoisotopic (exact) mass is 382 g/mol. The number of rotatable bonds is 11. The molecule has 0 unspecified atom stereocenters. The topological polar surface area (TPSA) is 66.5 Å². The predicted molar refractivity (Wildman–Crippen MR) is 107 cm³/mol. The molecule has 28 heavy (non-hydrogen) atoms. The standard InChI is InChI=1S/C22H26N2O4/c1-2-3-4-5-6-10-16-26-21-23-24(22(25)28-21)18-12-11-15-20(17-18)27-19-13-8-7-9-14-19/h7-9,11-15,17H,2-6,10,16H2,1H3. The van der Waals surface area contributed by atoms with Crippen molar-refractivity contribution < 1.29 is 13.9 Å². The Kier molecular flexibility index (Phi) is 7.29. The number of hydrogen-bond acceptors (Lipinski definition) is 5. The van der Waals surface area contributed by atoms with Gasteiger partial charge in [0.05, 0.1) is 12.3 Å². The Bertz CT molecular complexity index is 902. The highest BCUT2D eigenvalue weighted by atomic mass is 16.6. The maximum absolute atomic E-state index is 12.1. The SMILES string of the molecule is CCCCCCCCOc1nn(-c2cccc(Oc3ccccc3)c2)c(=O)o1. The zero-order chi connectivity index (χ0) is 19.6. The quantitative estimate of drug-likeness (QED) is 0.418. The molecule has 3 rings (SSSR count). The fourth-order valence-corrected chi connectivity index (χ4v) is 2.83. The van der Waals surface area contributed by atoms with E-state index < -0.39 is 5.76 Å². The average molecular weight is 382 g/mol. The number of benzene rings is 2. The number of para-hydroxylation sites is 1. The van der Waals surface area contributed by atoms with Crippen molar-refractivity contribution in [2.24, 2.45) is 0 Å². The van der Waals surface area contributed by atoms with Crippen LogP contribution in [0, 0.1) is 0 Å². The Morgan fingerprint density at radius 2 is 1.68 bits per heavy atom. The smallest absolute Gasteiger partial charge is 0.444 e. The van der Waals surface area contributed by atoms with Gasteiger partial charge in [-0.2, -0.15) is 4.68 Å². The van der Waals surface area contributed by atoms with Gasteiger partial charge in [-0.05, 0) is 30.7 Å². The molecular weight excluding hydrogens is 356 g/mol. The number of ether oxygens (including phenoxy) is 2. The molecule has 6 nitrogen and oxygen atoms in total. The summed E-state index contributed by atoms with van der Waals surface area (Å²) in [5.74, 6) is 0.734. The molecule has 0 fully saturated rings. The Morgan fingerprint density at radius 3 is 2.50 bits per heavy atom. The lowest BCUT2D eigenvalue weighted by Gasteiger charge is -2.06. The van der Waals surface area contributed by atoms with Crippen LogP contribution in [0.1, 0.15) is 45.4 Å². The summed E-state index contributed by atoms with van der Waals surface area (Å²) >= 11 is 0. The summed E-state index contributed by atoms with van der Waals surface area (Å²) in [6.07, 6.45) is 6.97. The first-order valence-electron chi connectivity index (χ1n) is 9.82. The third-order valence-electron chi connectivity index (χ3n) is 4.29. The van der Waals surface area contributed by atoms with Gasteiger partial charge in [0.15, 0.2) is 0 Å². The minimum absolute atomic E-state index is 0.00654. The number of nitrogens with zero attached hydrogens (tertiary/aromatic N) is 2. The minimum Gasteiger partial charge on any atom is -0.457 e. The van der Waals surface area contributed by atoms with Gasteiger partial charge in [-0.1, -0.05) is 68.4 Å². The second kappa shape index (κ2) is 10.3. The first kappa shape index (κ1) is 19.7. The van der Waals surface area contributed by atoms with Crippen LogP contribution in [0.2, 0.25) is 0 Å². The van der Waals surface area contributed by atoms with Gasteiger partial charge in [-0.3, -0.25) is 0 Å². The molecule has 1 heterocycles. The number of unbranched alkanes of at least 4 members (excludes halogenated alkanes) is 5. The lowest BCUT2D eigenvalue weighted by molar-refractivity contribution is 0.219. The molecule has 0 bridgehead atoms. The van der Waals surface area contributed by atoms with E-state index in [0.29, 0.717) is 18.0 Å². The van der Waals surface area contributed by atoms with Crippen molar-refractivity contribution in [3.63, 3.8) is 0 Å². The van der Waals surface area contributed by atoms with Crippen LogP contribution in [0.25, 0.3) is 5.69 Å². The van der Waals surface area contributed by atoms with Gasteiger partial charge in [0, 0.05) is 6.07 Å². The molecular formula is C22H26N2O4. The highest BCUT2D eigenvalue weighted by Gasteiger charge is 2.12. The van der Waals surface area contributed by atoms with Crippen molar-refractivity contribution in [3.8, 4) is 23.3 Å². The summed E-state index contributed by atoms with van der Waals surface area (Å²) in [6, 6.07) is 16.6. The van der Waals surface area contributed by atoms with Crippen molar-refractivity contribution in [2.75, 3.05) is 6.61 Å². The van der Waals surface area contributed by atoms with E-state index in [2.05, 4.69) is 12.0 Å². The predicted octanol–water partition coefficient (Wildman–Crippen LogP) is 5.36. The van der Waals surface area contributed by atoms with E-state index in [0.717, 1.165) is 18.6 Å². The van der Waals surface area contributed by atoms with Crippen LogP contribution in [0.4, 0.5) is 0 Å². The van der Waals surface area contributed by atoms with E-state index in [1.54, 1.807) is 18.2 Å². The molecule has 3 aromatic rings. The fraction of sp³-hybridized carbons (Fsp3) is 0.364. The van der Waals surface area contributed by atoms with E-state index in [9.17, 15) is 4.79 Å². The van der Waals surface area contributed by atoms with Crippen LogP contribution in [-0.2, 0) is 0 Å². The van der Waals surface area contributed by atoms with Gasteiger partial charge in [0.2, 0.25) is 0 Å². The Balaban J connectivity index is 1.58. The normalized spacial score (nSPS) is 10.8. The summed E-state index contributed by atoms with van der Waals surface area (Å²) in [4.78, 5) is 12.1. The second-order valence-corrected chi connectivity index (χ2v) is 6.57. The van der Waals surface area contributed by atoms with Crippen LogP contribution in [0.15, 0.2) is 63.8 Å². The van der Waals surface area contributed by atoms with Crippen LogP contribution in [0.5, 0.6) is 17.6 Å². The summed E-state index contributed by atoms with van der Waals surface area (Å²) in [5.41, 5.74) is 0.552. The molecule has 1 aromatic heterocycles. The summed E-state index contributed by atoms with van der Waals surface area (Å²) in [7, 11) is 0. The molecule has 0 atom stereocenters. The molecule has 0 amide bonds. The second-order valence-electron chi connectivity index (χ2n) is 6.57. The van der Waals surface area contributed by atoms with Crippen molar-refractivity contribution in [1.29, 1.82) is 0 Å².